The number of methoxy groups -OCH3 is 1. The summed E-state index contributed by atoms with van der Waals surface area (Å²) in [6.07, 6.45) is -0.239. The number of nitrogens with one attached hydrogen (secondary N) is 1. The molecule has 100 valence electrons. The van der Waals surface area contributed by atoms with Gasteiger partial charge in [0, 0.05) is 7.11 Å². The first kappa shape index (κ1) is 13.7. The van der Waals surface area contributed by atoms with E-state index in [1.807, 2.05) is 30.3 Å². The Balaban J connectivity index is 2.31. The Morgan fingerprint density at radius 2 is 1.63 bits per heavy atom. The van der Waals surface area contributed by atoms with E-state index in [1.165, 1.54) is 12.1 Å². The number of ether oxygens (including phenoxy) is 1. The molecule has 2 atom stereocenters. The van der Waals surface area contributed by atoms with E-state index in [-0.39, 0.29) is 18.0 Å². The topological polar surface area (TPSA) is 47.3 Å². The lowest BCUT2D eigenvalue weighted by Crippen LogP contribution is -2.33. The molecule has 0 fully saturated rings. The second-order valence-corrected chi connectivity index (χ2v) is 4.26. The van der Waals surface area contributed by atoms with E-state index in [1.54, 1.807) is 19.2 Å². The van der Waals surface area contributed by atoms with Crippen LogP contribution in [0.1, 0.15) is 23.3 Å². The Labute approximate surface area is 112 Å². The minimum absolute atomic E-state index is 0.239. The summed E-state index contributed by atoms with van der Waals surface area (Å²) >= 11 is 0. The van der Waals surface area contributed by atoms with Crippen molar-refractivity contribution in [2.75, 3.05) is 7.11 Å². The zero-order chi connectivity index (χ0) is 13.7. The highest BCUT2D eigenvalue weighted by Crippen LogP contribution is 2.30. The van der Waals surface area contributed by atoms with Gasteiger partial charge in [-0.2, -0.15) is 0 Å². The van der Waals surface area contributed by atoms with Crippen LogP contribution in [0.2, 0.25) is 0 Å². The molecule has 3 nitrogen and oxygen atoms in total. The Morgan fingerprint density at radius 1 is 1.00 bits per heavy atom. The van der Waals surface area contributed by atoms with Gasteiger partial charge in [-0.3, -0.25) is 11.3 Å². The van der Waals surface area contributed by atoms with Crippen LogP contribution in [0, 0.1) is 5.82 Å². The predicted molar refractivity (Wildman–Crippen MR) is 72.7 cm³/mol. The van der Waals surface area contributed by atoms with Gasteiger partial charge >= 0.3 is 0 Å². The summed E-state index contributed by atoms with van der Waals surface area (Å²) in [6.45, 7) is 0. The molecule has 0 amide bonds. The van der Waals surface area contributed by atoms with Gasteiger partial charge in [0.25, 0.3) is 0 Å². The van der Waals surface area contributed by atoms with Gasteiger partial charge in [0.05, 0.1) is 6.04 Å². The number of hydrogen-bond donors (Lipinski definition) is 2. The quantitative estimate of drug-likeness (QED) is 0.642. The number of rotatable bonds is 5. The smallest absolute Gasteiger partial charge is 0.123 e. The summed E-state index contributed by atoms with van der Waals surface area (Å²) in [5.41, 5.74) is 4.63. The number of benzene rings is 2. The molecular formula is C15H17FN2O. The van der Waals surface area contributed by atoms with Crippen LogP contribution in [-0.2, 0) is 4.74 Å². The van der Waals surface area contributed by atoms with Gasteiger partial charge in [0.2, 0.25) is 0 Å². The summed E-state index contributed by atoms with van der Waals surface area (Å²) in [6, 6.07) is 15.8. The minimum Gasteiger partial charge on any atom is -0.375 e. The third-order valence-corrected chi connectivity index (χ3v) is 3.09. The molecular weight excluding hydrogens is 243 g/mol. The molecule has 4 heteroatoms. The molecule has 0 heterocycles. The zero-order valence-electron chi connectivity index (χ0n) is 10.7. The average Bonchev–Trinajstić information content (AvgIpc) is 2.47. The Kier molecular flexibility index (Phi) is 4.63. The van der Waals surface area contributed by atoms with Crippen LogP contribution in [0.25, 0.3) is 0 Å². The van der Waals surface area contributed by atoms with Gasteiger partial charge in [-0.05, 0) is 23.3 Å². The lowest BCUT2D eigenvalue weighted by atomic mass is 9.96. The van der Waals surface area contributed by atoms with Crippen LogP contribution >= 0.6 is 0 Å². The normalized spacial score (nSPS) is 14.1. The molecule has 0 saturated carbocycles. The van der Waals surface area contributed by atoms with E-state index < -0.39 is 0 Å². The van der Waals surface area contributed by atoms with Gasteiger partial charge in [0.1, 0.15) is 11.9 Å². The Bertz CT molecular complexity index is 501. The lowest BCUT2D eigenvalue weighted by molar-refractivity contribution is 0.0676. The van der Waals surface area contributed by atoms with E-state index in [9.17, 15) is 4.39 Å². The van der Waals surface area contributed by atoms with Gasteiger partial charge < -0.3 is 4.74 Å². The number of hydrogen-bond acceptors (Lipinski definition) is 3. The number of halogens is 1. The largest absolute Gasteiger partial charge is 0.375 e. The molecule has 0 aliphatic carbocycles. The van der Waals surface area contributed by atoms with Crippen molar-refractivity contribution >= 4 is 0 Å². The molecule has 0 saturated heterocycles. The molecule has 2 aromatic carbocycles. The monoisotopic (exact) mass is 260 g/mol. The molecule has 0 spiro atoms. The first-order chi connectivity index (χ1) is 9.26. The summed E-state index contributed by atoms with van der Waals surface area (Å²) in [5.74, 6) is 5.36. The first-order valence-electron chi connectivity index (χ1n) is 6.05. The third kappa shape index (κ3) is 3.17. The van der Waals surface area contributed by atoms with Gasteiger partial charge in [-0.15, -0.1) is 0 Å². The van der Waals surface area contributed by atoms with Crippen molar-refractivity contribution in [2.45, 2.75) is 12.1 Å². The second kappa shape index (κ2) is 6.43. The van der Waals surface area contributed by atoms with Gasteiger partial charge in [-0.25, -0.2) is 4.39 Å². The summed E-state index contributed by atoms with van der Waals surface area (Å²) in [5, 5.41) is 0. The third-order valence-electron chi connectivity index (χ3n) is 3.09. The fourth-order valence-electron chi connectivity index (χ4n) is 2.14. The molecule has 2 rings (SSSR count). The van der Waals surface area contributed by atoms with Crippen molar-refractivity contribution in [3.8, 4) is 0 Å². The van der Waals surface area contributed by atoms with Crippen molar-refractivity contribution in [1.29, 1.82) is 0 Å². The Morgan fingerprint density at radius 3 is 2.16 bits per heavy atom. The zero-order valence-corrected chi connectivity index (χ0v) is 10.7. The molecule has 3 N–H and O–H groups in total. The van der Waals surface area contributed by atoms with Gasteiger partial charge in [0.15, 0.2) is 0 Å². The van der Waals surface area contributed by atoms with Crippen molar-refractivity contribution in [3.63, 3.8) is 0 Å². The van der Waals surface area contributed by atoms with E-state index >= 15 is 0 Å². The second-order valence-electron chi connectivity index (χ2n) is 4.26. The maximum atomic E-state index is 13.0. The average molecular weight is 260 g/mol. The lowest BCUT2D eigenvalue weighted by Gasteiger charge is -2.26. The molecule has 0 radical (unpaired) electrons. The Hall–Kier alpha value is -1.75. The van der Waals surface area contributed by atoms with E-state index in [2.05, 4.69) is 5.43 Å². The van der Waals surface area contributed by atoms with E-state index in [0.29, 0.717) is 0 Å². The van der Waals surface area contributed by atoms with Crippen molar-refractivity contribution in [2.24, 2.45) is 5.84 Å². The SMILES string of the molecule is COC(c1ccccc1)C(NN)c1ccc(F)cc1. The molecule has 0 bridgehead atoms. The summed E-state index contributed by atoms with van der Waals surface area (Å²) in [4.78, 5) is 0. The van der Waals surface area contributed by atoms with Crippen LogP contribution in [-0.4, -0.2) is 7.11 Å². The molecule has 19 heavy (non-hydrogen) atoms. The highest BCUT2D eigenvalue weighted by Gasteiger charge is 2.23. The number of nitrogens with two attached hydrogens (primary N) is 1. The van der Waals surface area contributed by atoms with Crippen molar-refractivity contribution in [1.82, 2.24) is 5.43 Å². The van der Waals surface area contributed by atoms with Crippen molar-refractivity contribution < 1.29 is 9.13 Å². The van der Waals surface area contributed by atoms with Crippen LogP contribution in [0.15, 0.2) is 54.6 Å². The summed E-state index contributed by atoms with van der Waals surface area (Å²) in [7, 11) is 1.63. The van der Waals surface area contributed by atoms with E-state index in [4.69, 9.17) is 10.6 Å². The fourth-order valence-corrected chi connectivity index (χ4v) is 2.14. The van der Waals surface area contributed by atoms with Crippen LogP contribution in [0.5, 0.6) is 0 Å². The standard InChI is InChI=1S/C15H17FN2O/c1-19-15(12-5-3-2-4-6-12)14(18-17)11-7-9-13(16)10-8-11/h2-10,14-15,18H,17H2,1H3. The highest BCUT2D eigenvalue weighted by atomic mass is 19.1. The maximum absolute atomic E-state index is 13.0. The van der Waals surface area contributed by atoms with Crippen LogP contribution < -0.4 is 11.3 Å². The summed E-state index contributed by atoms with van der Waals surface area (Å²) < 4.78 is 18.5. The van der Waals surface area contributed by atoms with E-state index in [0.717, 1.165) is 11.1 Å². The van der Waals surface area contributed by atoms with Crippen LogP contribution in [0.3, 0.4) is 0 Å². The first-order valence-corrected chi connectivity index (χ1v) is 6.05. The minimum atomic E-state index is -0.270. The maximum Gasteiger partial charge on any atom is 0.123 e. The molecule has 0 aliphatic heterocycles. The highest BCUT2D eigenvalue weighted by molar-refractivity contribution is 5.26. The van der Waals surface area contributed by atoms with Crippen molar-refractivity contribution in [3.05, 3.63) is 71.5 Å². The van der Waals surface area contributed by atoms with Crippen LogP contribution in [0.4, 0.5) is 4.39 Å². The molecule has 2 aromatic rings. The predicted octanol–water partition coefficient (Wildman–Crippen LogP) is 2.72. The number of hydrazine groups is 1. The molecule has 2 unspecified atom stereocenters. The van der Waals surface area contributed by atoms with Gasteiger partial charge in [-0.1, -0.05) is 42.5 Å². The molecule has 0 aliphatic rings. The fraction of sp³-hybridized carbons (Fsp3) is 0.200. The molecule has 0 aromatic heterocycles.